The minimum atomic E-state index is -0.655. The summed E-state index contributed by atoms with van der Waals surface area (Å²) in [5, 5.41) is 0. The van der Waals surface area contributed by atoms with Gasteiger partial charge in [-0.3, -0.25) is 0 Å². The summed E-state index contributed by atoms with van der Waals surface area (Å²) in [6.07, 6.45) is 4.13. The Balaban J connectivity index is 1.61. The maximum atomic E-state index is 6.84. The third-order valence-electron chi connectivity index (χ3n) is 5.96. The highest BCUT2D eigenvalue weighted by Crippen LogP contribution is 2.42. The van der Waals surface area contributed by atoms with Crippen LogP contribution >= 0.6 is 0 Å². The second kappa shape index (κ2) is 9.59. The van der Waals surface area contributed by atoms with Crippen LogP contribution in [0.15, 0.2) is 91.0 Å². The van der Waals surface area contributed by atoms with Gasteiger partial charge in [-0.2, -0.15) is 0 Å². The van der Waals surface area contributed by atoms with Gasteiger partial charge in [0, 0.05) is 0 Å². The van der Waals surface area contributed by atoms with Gasteiger partial charge in [-0.15, -0.1) is 0 Å². The highest BCUT2D eigenvalue weighted by Gasteiger charge is 2.43. The molecule has 2 atom stereocenters. The van der Waals surface area contributed by atoms with Crippen LogP contribution in [-0.4, -0.2) is 18.8 Å². The lowest BCUT2D eigenvalue weighted by Crippen LogP contribution is -2.34. The molecule has 0 unspecified atom stereocenters. The summed E-state index contributed by atoms with van der Waals surface area (Å²) in [6.45, 7) is 5.15. The van der Waals surface area contributed by atoms with E-state index in [9.17, 15) is 0 Å². The Kier molecular flexibility index (Phi) is 6.66. The molecule has 0 aliphatic carbocycles. The SMILES string of the molecule is CC(C)CCC[C@@H]1O[C@H]1COC(c1ccccc1)(c1ccccc1)c1ccccc1. The predicted molar refractivity (Wildman–Crippen MR) is 123 cm³/mol. The molecule has 1 aliphatic heterocycles. The molecule has 0 N–H and O–H groups in total. The maximum absolute atomic E-state index is 6.84. The van der Waals surface area contributed by atoms with Crippen molar-refractivity contribution in [1.29, 1.82) is 0 Å². The molecule has 156 valence electrons. The predicted octanol–water partition coefficient (Wildman–Crippen LogP) is 6.59. The van der Waals surface area contributed by atoms with E-state index in [4.69, 9.17) is 9.47 Å². The van der Waals surface area contributed by atoms with E-state index in [2.05, 4.69) is 105 Å². The van der Waals surface area contributed by atoms with Crippen LogP contribution in [0.25, 0.3) is 0 Å². The smallest absolute Gasteiger partial charge is 0.143 e. The van der Waals surface area contributed by atoms with Crippen molar-refractivity contribution in [3.05, 3.63) is 108 Å². The zero-order valence-electron chi connectivity index (χ0n) is 18.0. The minimum Gasteiger partial charge on any atom is -0.367 e. The maximum Gasteiger partial charge on any atom is 0.143 e. The van der Waals surface area contributed by atoms with Gasteiger partial charge in [0.1, 0.15) is 11.7 Å². The van der Waals surface area contributed by atoms with E-state index in [1.54, 1.807) is 0 Å². The molecular weight excluding hydrogens is 368 g/mol. The van der Waals surface area contributed by atoms with Gasteiger partial charge >= 0.3 is 0 Å². The van der Waals surface area contributed by atoms with Crippen molar-refractivity contribution in [2.24, 2.45) is 5.92 Å². The average Bonchev–Trinajstić information content (AvgIpc) is 3.54. The summed E-state index contributed by atoms with van der Waals surface area (Å²) in [6, 6.07) is 31.6. The van der Waals surface area contributed by atoms with Crippen molar-refractivity contribution >= 4 is 0 Å². The highest BCUT2D eigenvalue weighted by atomic mass is 16.6. The summed E-state index contributed by atoms with van der Waals surface area (Å²) >= 11 is 0. The number of hydrogen-bond acceptors (Lipinski definition) is 2. The van der Waals surface area contributed by atoms with Crippen LogP contribution in [-0.2, 0) is 15.1 Å². The molecule has 30 heavy (non-hydrogen) atoms. The van der Waals surface area contributed by atoms with E-state index in [0.29, 0.717) is 12.7 Å². The van der Waals surface area contributed by atoms with Gasteiger partial charge in [-0.05, 0) is 29.0 Å². The molecular formula is C28H32O2. The number of benzene rings is 3. The first-order valence-electron chi connectivity index (χ1n) is 11.2. The van der Waals surface area contributed by atoms with Crippen LogP contribution < -0.4 is 0 Å². The Labute approximate surface area is 180 Å². The quantitative estimate of drug-likeness (QED) is 0.283. The Morgan fingerprint density at radius 2 is 1.20 bits per heavy atom. The van der Waals surface area contributed by atoms with Crippen LogP contribution in [0.5, 0.6) is 0 Å². The molecule has 1 heterocycles. The molecule has 1 saturated heterocycles. The van der Waals surface area contributed by atoms with E-state index in [1.165, 1.54) is 12.8 Å². The van der Waals surface area contributed by atoms with Crippen LogP contribution in [0, 0.1) is 5.92 Å². The van der Waals surface area contributed by atoms with Crippen molar-refractivity contribution in [3.8, 4) is 0 Å². The molecule has 3 aromatic rings. The van der Waals surface area contributed by atoms with Gasteiger partial charge in [0.15, 0.2) is 0 Å². The van der Waals surface area contributed by atoms with Crippen LogP contribution in [0.4, 0.5) is 0 Å². The third-order valence-corrected chi connectivity index (χ3v) is 5.96. The van der Waals surface area contributed by atoms with Gasteiger partial charge in [-0.25, -0.2) is 0 Å². The molecule has 0 radical (unpaired) electrons. The molecule has 0 spiro atoms. The lowest BCUT2D eigenvalue weighted by molar-refractivity contribution is 0.00427. The summed E-state index contributed by atoms with van der Waals surface area (Å²) in [5.41, 5.74) is 2.76. The van der Waals surface area contributed by atoms with E-state index >= 15 is 0 Å². The molecule has 0 amide bonds. The van der Waals surface area contributed by atoms with Gasteiger partial charge in [0.2, 0.25) is 0 Å². The van der Waals surface area contributed by atoms with Gasteiger partial charge < -0.3 is 9.47 Å². The Morgan fingerprint density at radius 1 is 0.733 bits per heavy atom. The van der Waals surface area contributed by atoms with Gasteiger partial charge in [0.25, 0.3) is 0 Å². The molecule has 1 aliphatic rings. The Bertz CT molecular complexity index is 793. The molecule has 4 rings (SSSR count). The minimum absolute atomic E-state index is 0.188. The van der Waals surface area contributed by atoms with Crippen molar-refractivity contribution in [1.82, 2.24) is 0 Å². The van der Waals surface area contributed by atoms with Crippen LogP contribution in [0.3, 0.4) is 0 Å². The van der Waals surface area contributed by atoms with Gasteiger partial charge in [-0.1, -0.05) is 118 Å². The summed E-state index contributed by atoms with van der Waals surface area (Å²) in [7, 11) is 0. The molecule has 2 heteroatoms. The van der Waals surface area contributed by atoms with E-state index < -0.39 is 5.60 Å². The highest BCUT2D eigenvalue weighted by molar-refractivity contribution is 5.47. The molecule has 3 aromatic carbocycles. The summed E-state index contributed by atoms with van der Waals surface area (Å²) in [5.74, 6) is 0.750. The lowest BCUT2D eigenvalue weighted by Gasteiger charge is -2.35. The fourth-order valence-electron chi connectivity index (χ4n) is 4.28. The average molecular weight is 401 g/mol. The van der Waals surface area contributed by atoms with Crippen LogP contribution in [0.1, 0.15) is 49.8 Å². The Hall–Kier alpha value is -2.42. The standard InChI is InChI=1S/C28H32O2/c1-22(2)13-12-20-26-27(30-26)21-29-28(23-14-6-3-7-15-23,24-16-8-4-9-17-24)25-18-10-5-11-19-25/h3-11,14-19,22,26-27H,12-13,20-21H2,1-2H3/t26-,27-/m0/s1. The lowest BCUT2D eigenvalue weighted by atomic mass is 9.80. The van der Waals surface area contributed by atoms with Crippen molar-refractivity contribution in [2.75, 3.05) is 6.61 Å². The first-order chi connectivity index (χ1) is 14.7. The fourth-order valence-corrected chi connectivity index (χ4v) is 4.28. The summed E-state index contributed by atoms with van der Waals surface area (Å²) < 4.78 is 12.8. The van der Waals surface area contributed by atoms with Crippen molar-refractivity contribution in [2.45, 2.75) is 50.9 Å². The van der Waals surface area contributed by atoms with Gasteiger partial charge in [0.05, 0.1) is 12.7 Å². The van der Waals surface area contributed by atoms with Crippen molar-refractivity contribution in [3.63, 3.8) is 0 Å². The van der Waals surface area contributed by atoms with Crippen LogP contribution in [0.2, 0.25) is 0 Å². The molecule has 2 nitrogen and oxygen atoms in total. The zero-order valence-corrected chi connectivity index (χ0v) is 18.0. The molecule has 0 aromatic heterocycles. The number of epoxide rings is 1. The molecule has 0 saturated carbocycles. The fraction of sp³-hybridized carbons (Fsp3) is 0.357. The van der Waals surface area contributed by atoms with E-state index in [0.717, 1.165) is 29.0 Å². The van der Waals surface area contributed by atoms with E-state index in [-0.39, 0.29) is 6.10 Å². The monoisotopic (exact) mass is 400 g/mol. The number of hydrogen-bond donors (Lipinski definition) is 0. The Morgan fingerprint density at radius 3 is 1.63 bits per heavy atom. The largest absolute Gasteiger partial charge is 0.367 e. The molecule has 0 bridgehead atoms. The first-order valence-corrected chi connectivity index (χ1v) is 11.2. The topological polar surface area (TPSA) is 21.8 Å². The number of ether oxygens (including phenoxy) is 2. The zero-order chi connectivity index (χ0) is 20.8. The normalized spacial score (nSPS) is 18.5. The second-order valence-electron chi connectivity index (χ2n) is 8.63. The van der Waals surface area contributed by atoms with E-state index in [1.807, 2.05) is 0 Å². The summed E-state index contributed by atoms with van der Waals surface area (Å²) in [4.78, 5) is 0. The first kappa shape index (κ1) is 20.8. The second-order valence-corrected chi connectivity index (χ2v) is 8.63. The third kappa shape index (κ3) is 4.66. The molecule has 1 fully saturated rings. The van der Waals surface area contributed by atoms with Crippen molar-refractivity contribution < 1.29 is 9.47 Å². The number of rotatable bonds is 10.